The van der Waals surface area contributed by atoms with Crippen LogP contribution in [0, 0.1) is 18.2 Å². The largest absolute Gasteiger partial charge is 0.329 e. The number of benzene rings is 1. The Balaban J connectivity index is 0.00000256. The third-order valence-corrected chi connectivity index (χ3v) is 2.56. The summed E-state index contributed by atoms with van der Waals surface area (Å²) < 4.78 is 12.9. The first-order valence-electron chi connectivity index (χ1n) is 5.14. The van der Waals surface area contributed by atoms with Gasteiger partial charge in [-0.15, -0.1) is 12.4 Å². The van der Waals surface area contributed by atoms with E-state index in [1.807, 2.05) is 0 Å². The molecule has 0 saturated heterocycles. The van der Waals surface area contributed by atoms with Crippen molar-refractivity contribution in [3.8, 4) is 0 Å². The molecule has 0 unspecified atom stereocenters. The molecule has 5 heteroatoms. The second-order valence-electron chi connectivity index (χ2n) is 4.50. The van der Waals surface area contributed by atoms with Gasteiger partial charge in [-0.25, -0.2) is 4.39 Å². The third-order valence-electron chi connectivity index (χ3n) is 2.56. The standard InChI is InChI=1S/C12H17FN2O.ClH/c1-8-6-9(13)4-5-10(8)15-11(16)12(2,3)7-14;/h4-6H,7,14H2,1-3H3,(H,15,16);1H. The summed E-state index contributed by atoms with van der Waals surface area (Å²) in [5.41, 5.74) is 6.19. The zero-order chi connectivity index (χ0) is 12.3. The Morgan fingerprint density at radius 1 is 1.47 bits per heavy atom. The molecule has 1 aromatic carbocycles. The third kappa shape index (κ3) is 3.98. The van der Waals surface area contributed by atoms with E-state index in [9.17, 15) is 9.18 Å². The molecule has 0 atom stereocenters. The average molecular weight is 261 g/mol. The number of carbonyl (C=O) groups excluding carboxylic acids is 1. The van der Waals surface area contributed by atoms with E-state index in [1.54, 1.807) is 26.8 Å². The molecule has 0 heterocycles. The Labute approximate surface area is 107 Å². The summed E-state index contributed by atoms with van der Waals surface area (Å²) in [6, 6.07) is 4.25. The number of amides is 1. The monoisotopic (exact) mass is 260 g/mol. The number of aryl methyl sites for hydroxylation is 1. The molecule has 0 bridgehead atoms. The summed E-state index contributed by atoms with van der Waals surface area (Å²) in [6.45, 7) is 5.54. The predicted octanol–water partition coefficient (Wildman–Crippen LogP) is 2.48. The van der Waals surface area contributed by atoms with E-state index in [4.69, 9.17) is 5.73 Å². The van der Waals surface area contributed by atoms with Gasteiger partial charge in [0.2, 0.25) is 5.91 Å². The highest BCUT2D eigenvalue weighted by Gasteiger charge is 2.25. The van der Waals surface area contributed by atoms with Crippen molar-refractivity contribution in [3.05, 3.63) is 29.6 Å². The highest BCUT2D eigenvalue weighted by Crippen LogP contribution is 2.20. The molecule has 0 radical (unpaired) electrons. The lowest BCUT2D eigenvalue weighted by Crippen LogP contribution is -2.37. The Kier molecular flexibility index (Phi) is 5.58. The minimum Gasteiger partial charge on any atom is -0.329 e. The number of nitrogens with two attached hydrogens (primary N) is 1. The van der Waals surface area contributed by atoms with Crippen molar-refractivity contribution in [1.29, 1.82) is 0 Å². The van der Waals surface area contributed by atoms with E-state index in [0.29, 0.717) is 11.3 Å². The summed E-state index contributed by atoms with van der Waals surface area (Å²) in [4.78, 5) is 11.8. The van der Waals surface area contributed by atoms with Crippen LogP contribution in [0.3, 0.4) is 0 Å². The van der Waals surface area contributed by atoms with Gasteiger partial charge in [0.05, 0.1) is 5.41 Å². The van der Waals surface area contributed by atoms with Crippen molar-refractivity contribution in [2.24, 2.45) is 11.1 Å². The fraction of sp³-hybridized carbons (Fsp3) is 0.417. The first kappa shape index (κ1) is 15.9. The molecule has 0 spiro atoms. The quantitative estimate of drug-likeness (QED) is 0.877. The van der Waals surface area contributed by atoms with Crippen LogP contribution < -0.4 is 11.1 Å². The number of carbonyl (C=O) groups is 1. The van der Waals surface area contributed by atoms with Crippen LogP contribution in [-0.2, 0) is 4.79 Å². The van der Waals surface area contributed by atoms with Gasteiger partial charge in [0.15, 0.2) is 0 Å². The van der Waals surface area contributed by atoms with E-state index < -0.39 is 5.41 Å². The maximum Gasteiger partial charge on any atom is 0.231 e. The molecule has 0 aliphatic heterocycles. The summed E-state index contributed by atoms with van der Waals surface area (Å²) in [6.07, 6.45) is 0. The van der Waals surface area contributed by atoms with Crippen LogP contribution in [0.2, 0.25) is 0 Å². The van der Waals surface area contributed by atoms with E-state index in [-0.39, 0.29) is 30.7 Å². The van der Waals surface area contributed by atoms with Crippen molar-refractivity contribution in [1.82, 2.24) is 0 Å². The topological polar surface area (TPSA) is 55.1 Å². The number of rotatable bonds is 3. The fourth-order valence-electron chi connectivity index (χ4n) is 1.15. The van der Waals surface area contributed by atoms with Crippen LogP contribution in [0.1, 0.15) is 19.4 Å². The SMILES string of the molecule is Cc1cc(F)ccc1NC(=O)C(C)(C)CN.Cl. The van der Waals surface area contributed by atoms with Gasteiger partial charge in [0.25, 0.3) is 0 Å². The normalized spacial score (nSPS) is 10.6. The summed E-state index contributed by atoms with van der Waals surface area (Å²) in [5.74, 6) is -0.474. The van der Waals surface area contributed by atoms with Crippen molar-refractivity contribution in [2.75, 3.05) is 11.9 Å². The van der Waals surface area contributed by atoms with E-state index in [0.717, 1.165) is 0 Å². The molecule has 3 nitrogen and oxygen atoms in total. The molecule has 96 valence electrons. The van der Waals surface area contributed by atoms with Gasteiger partial charge in [0.1, 0.15) is 5.82 Å². The molecule has 0 aliphatic carbocycles. The van der Waals surface area contributed by atoms with E-state index in [2.05, 4.69) is 5.32 Å². The minimum atomic E-state index is -0.624. The molecule has 0 aliphatic rings. The second kappa shape index (κ2) is 5.98. The molecule has 1 amide bonds. The van der Waals surface area contributed by atoms with Crippen LogP contribution in [-0.4, -0.2) is 12.5 Å². The fourth-order valence-corrected chi connectivity index (χ4v) is 1.15. The van der Waals surface area contributed by atoms with Gasteiger partial charge in [-0.1, -0.05) is 0 Å². The number of hydrogen-bond donors (Lipinski definition) is 2. The molecular formula is C12H18ClFN2O. The zero-order valence-electron chi connectivity index (χ0n) is 10.2. The van der Waals surface area contributed by atoms with Crippen molar-refractivity contribution in [2.45, 2.75) is 20.8 Å². The molecule has 17 heavy (non-hydrogen) atoms. The summed E-state index contributed by atoms with van der Waals surface area (Å²) in [5, 5.41) is 2.74. The van der Waals surface area contributed by atoms with Crippen molar-refractivity contribution in [3.63, 3.8) is 0 Å². The van der Waals surface area contributed by atoms with Crippen LogP contribution >= 0.6 is 12.4 Å². The molecule has 1 aromatic rings. The van der Waals surface area contributed by atoms with Gasteiger partial charge >= 0.3 is 0 Å². The van der Waals surface area contributed by atoms with Crippen LogP contribution in [0.5, 0.6) is 0 Å². The Bertz CT molecular complexity index is 407. The number of anilines is 1. The lowest BCUT2D eigenvalue weighted by molar-refractivity contribution is -0.123. The van der Waals surface area contributed by atoms with Crippen molar-refractivity contribution >= 4 is 24.0 Å². The lowest BCUT2D eigenvalue weighted by Gasteiger charge is -2.21. The zero-order valence-corrected chi connectivity index (χ0v) is 11.0. The molecular weight excluding hydrogens is 243 g/mol. The average Bonchev–Trinajstić information content (AvgIpc) is 2.22. The first-order chi connectivity index (χ1) is 7.36. The Morgan fingerprint density at radius 2 is 2.06 bits per heavy atom. The summed E-state index contributed by atoms with van der Waals surface area (Å²) in [7, 11) is 0. The Hall–Kier alpha value is -1.13. The number of nitrogens with one attached hydrogen (secondary N) is 1. The van der Waals surface area contributed by atoms with Gasteiger partial charge in [-0.3, -0.25) is 4.79 Å². The highest BCUT2D eigenvalue weighted by atomic mass is 35.5. The lowest BCUT2D eigenvalue weighted by atomic mass is 9.92. The van der Waals surface area contributed by atoms with Gasteiger partial charge in [-0.05, 0) is 44.5 Å². The molecule has 0 fully saturated rings. The number of hydrogen-bond acceptors (Lipinski definition) is 2. The minimum absolute atomic E-state index is 0. The predicted molar refractivity (Wildman–Crippen MR) is 69.9 cm³/mol. The van der Waals surface area contributed by atoms with Gasteiger partial charge in [0, 0.05) is 12.2 Å². The second-order valence-corrected chi connectivity index (χ2v) is 4.50. The van der Waals surface area contributed by atoms with Crippen LogP contribution in [0.4, 0.5) is 10.1 Å². The highest BCUT2D eigenvalue weighted by molar-refractivity contribution is 5.95. The first-order valence-corrected chi connectivity index (χ1v) is 5.14. The molecule has 0 saturated carbocycles. The Morgan fingerprint density at radius 3 is 2.53 bits per heavy atom. The van der Waals surface area contributed by atoms with Gasteiger partial charge in [-0.2, -0.15) is 0 Å². The van der Waals surface area contributed by atoms with Crippen molar-refractivity contribution < 1.29 is 9.18 Å². The molecule has 0 aromatic heterocycles. The van der Waals surface area contributed by atoms with E-state index in [1.165, 1.54) is 12.1 Å². The maximum absolute atomic E-state index is 12.9. The van der Waals surface area contributed by atoms with Gasteiger partial charge < -0.3 is 11.1 Å². The van der Waals surface area contributed by atoms with Crippen LogP contribution in [0.15, 0.2) is 18.2 Å². The number of halogens is 2. The summed E-state index contributed by atoms with van der Waals surface area (Å²) >= 11 is 0. The molecule has 1 rings (SSSR count). The molecule has 3 N–H and O–H groups in total. The van der Waals surface area contributed by atoms with E-state index >= 15 is 0 Å². The van der Waals surface area contributed by atoms with Crippen LogP contribution in [0.25, 0.3) is 0 Å². The smallest absolute Gasteiger partial charge is 0.231 e. The maximum atomic E-state index is 12.9.